The highest BCUT2D eigenvalue weighted by Gasteiger charge is 2.23. The molecule has 7 heteroatoms. The van der Waals surface area contributed by atoms with Crippen molar-refractivity contribution in [3.8, 4) is 11.5 Å². The molecule has 0 fully saturated rings. The second-order valence-electron chi connectivity index (χ2n) is 5.44. The summed E-state index contributed by atoms with van der Waals surface area (Å²) in [6.45, 7) is 6.03. The van der Waals surface area contributed by atoms with Gasteiger partial charge in [-0.3, -0.25) is 9.59 Å². The molecule has 0 saturated carbocycles. The number of nitrogens with zero attached hydrogens (tertiary/aromatic N) is 2. The Kier molecular flexibility index (Phi) is 6.06. The number of likely N-dealkylation sites (N-methyl/N-ethyl adjacent to an activating group) is 1. The zero-order valence-electron chi connectivity index (χ0n) is 14.1. The lowest BCUT2D eigenvalue weighted by molar-refractivity contribution is -0.128. The third-order valence-electron chi connectivity index (χ3n) is 3.47. The topological polar surface area (TPSA) is 97.1 Å². The summed E-state index contributed by atoms with van der Waals surface area (Å²) in [5.74, 6) is 0.221. The van der Waals surface area contributed by atoms with E-state index in [0.717, 1.165) is 11.1 Å². The minimum absolute atomic E-state index is 0.149. The molecule has 0 bridgehead atoms. The Balaban J connectivity index is 2.12. The summed E-state index contributed by atoms with van der Waals surface area (Å²) in [5, 5.41) is 13.4. The van der Waals surface area contributed by atoms with Gasteiger partial charge >= 0.3 is 0 Å². The Labute approximate surface area is 140 Å². The molecule has 1 aromatic heterocycles. The first-order chi connectivity index (χ1) is 11.5. The molecule has 0 radical (unpaired) electrons. The van der Waals surface area contributed by atoms with E-state index in [-0.39, 0.29) is 18.2 Å². The van der Waals surface area contributed by atoms with Crippen LogP contribution in [0.25, 0.3) is 11.5 Å². The van der Waals surface area contributed by atoms with Crippen molar-refractivity contribution >= 4 is 11.8 Å². The van der Waals surface area contributed by atoms with E-state index in [1.165, 1.54) is 0 Å². The molecule has 0 unspecified atom stereocenters. The van der Waals surface area contributed by atoms with Gasteiger partial charge in [-0.05, 0) is 26.0 Å². The molecule has 128 valence electrons. The van der Waals surface area contributed by atoms with Crippen molar-refractivity contribution in [2.45, 2.75) is 39.7 Å². The van der Waals surface area contributed by atoms with Crippen molar-refractivity contribution in [2.75, 3.05) is 6.54 Å². The molecule has 1 atom stereocenters. The number of nitrogens with one attached hydrogen (secondary N) is 2. The maximum absolute atomic E-state index is 12.1. The molecule has 2 N–H and O–H groups in total. The van der Waals surface area contributed by atoms with Crippen molar-refractivity contribution in [1.29, 1.82) is 0 Å². The van der Waals surface area contributed by atoms with Gasteiger partial charge in [0, 0.05) is 18.5 Å². The predicted molar refractivity (Wildman–Crippen MR) is 89.1 cm³/mol. The Morgan fingerprint density at radius 1 is 1.17 bits per heavy atom. The molecule has 1 heterocycles. The highest BCUT2D eigenvalue weighted by molar-refractivity contribution is 5.87. The summed E-state index contributed by atoms with van der Waals surface area (Å²) in [6.07, 6.45) is 0.449. The normalized spacial score (nSPS) is 11.8. The van der Waals surface area contributed by atoms with Crippen LogP contribution in [0.15, 0.2) is 28.7 Å². The number of aryl methyl sites for hydroxylation is 1. The van der Waals surface area contributed by atoms with Gasteiger partial charge in [0.2, 0.25) is 23.6 Å². The van der Waals surface area contributed by atoms with Crippen molar-refractivity contribution < 1.29 is 14.0 Å². The first-order valence-electron chi connectivity index (χ1n) is 8.00. The van der Waals surface area contributed by atoms with E-state index >= 15 is 0 Å². The summed E-state index contributed by atoms with van der Waals surface area (Å²) >= 11 is 0. The second kappa shape index (κ2) is 8.24. The first kappa shape index (κ1) is 17.7. The summed E-state index contributed by atoms with van der Waals surface area (Å²) in [7, 11) is 0. The Hall–Kier alpha value is -2.70. The molecule has 0 spiro atoms. The largest absolute Gasteiger partial charge is 0.421 e. The highest BCUT2D eigenvalue weighted by Crippen LogP contribution is 2.18. The van der Waals surface area contributed by atoms with Crippen LogP contribution in [0.3, 0.4) is 0 Å². The average molecular weight is 330 g/mol. The number of amides is 2. The minimum atomic E-state index is -0.733. The average Bonchev–Trinajstić information content (AvgIpc) is 3.03. The van der Waals surface area contributed by atoms with Crippen LogP contribution in [0.1, 0.15) is 31.7 Å². The Bertz CT molecular complexity index is 694. The number of benzene rings is 1. The predicted octanol–water partition coefficient (Wildman–Crippen LogP) is 1.62. The van der Waals surface area contributed by atoms with Gasteiger partial charge in [0.25, 0.3) is 0 Å². The van der Waals surface area contributed by atoms with E-state index in [0.29, 0.717) is 24.7 Å². The van der Waals surface area contributed by atoms with E-state index in [4.69, 9.17) is 4.42 Å². The minimum Gasteiger partial charge on any atom is -0.421 e. The molecule has 0 aliphatic heterocycles. The fourth-order valence-corrected chi connectivity index (χ4v) is 2.13. The lowest BCUT2D eigenvalue weighted by Crippen LogP contribution is -2.47. The molecule has 2 aromatic rings. The number of carbonyl (C=O) groups is 2. The highest BCUT2D eigenvalue weighted by atomic mass is 16.4. The molecule has 24 heavy (non-hydrogen) atoms. The third kappa shape index (κ3) is 4.65. The number of carbonyl (C=O) groups excluding carboxylic acids is 2. The van der Waals surface area contributed by atoms with Gasteiger partial charge in [-0.15, -0.1) is 10.2 Å². The molecule has 7 nitrogen and oxygen atoms in total. The summed E-state index contributed by atoms with van der Waals surface area (Å²) in [4.78, 5) is 23.7. The van der Waals surface area contributed by atoms with Crippen molar-refractivity contribution in [3.63, 3.8) is 0 Å². The van der Waals surface area contributed by atoms with Gasteiger partial charge in [0.05, 0.1) is 6.42 Å². The summed E-state index contributed by atoms with van der Waals surface area (Å²) < 4.78 is 5.63. The number of hydrogen-bond acceptors (Lipinski definition) is 5. The van der Waals surface area contributed by atoms with Crippen LogP contribution >= 0.6 is 0 Å². The van der Waals surface area contributed by atoms with Gasteiger partial charge in [-0.2, -0.15) is 0 Å². The standard InChI is InChI=1S/C17H22N4O3/c1-4-14(22)19-13(16(23)18-5-2)10-15-20-21-17(24-15)12-8-6-11(3)7-9-12/h6-9,13H,4-5,10H2,1-3H3,(H,18,23)(H,19,22)/t13-/m0/s1. The van der Waals surface area contributed by atoms with Crippen molar-refractivity contribution in [3.05, 3.63) is 35.7 Å². The zero-order chi connectivity index (χ0) is 17.5. The SMILES string of the molecule is CCNC(=O)[C@H](Cc1nnc(-c2ccc(C)cc2)o1)NC(=O)CC. The van der Waals surface area contributed by atoms with Crippen LogP contribution in [-0.4, -0.2) is 34.6 Å². The van der Waals surface area contributed by atoms with E-state index < -0.39 is 6.04 Å². The number of aromatic nitrogens is 2. The second-order valence-corrected chi connectivity index (χ2v) is 5.44. The van der Waals surface area contributed by atoms with Gasteiger partial charge in [0.1, 0.15) is 6.04 Å². The fraction of sp³-hybridized carbons (Fsp3) is 0.412. The summed E-state index contributed by atoms with van der Waals surface area (Å²) in [6, 6.07) is 6.97. The summed E-state index contributed by atoms with van der Waals surface area (Å²) in [5.41, 5.74) is 1.95. The maximum Gasteiger partial charge on any atom is 0.247 e. The van der Waals surface area contributed by atoms with Gasteiger partial charge in [0.15, 0.2) is 0 Å². The molecule has 2 rings (SSSR count). The van der Waals surface area contributed by atoms with Crippen molar-refractivity contribution in [1.82, 2.24) is 20.8 Å². The van der Waals surface area contributed by atoms with Crippen LogP contribution in [-0.2, 0) is 16.0 Å². The van der Waals surface area contributed by atoms with Crippen molar-refractivity contribution in [2.24, 2.45) is 0 Å². The van der Waals surface area contributed by atoms with E-state index in [1.54, 1.807) is 6.92 Å². The molecule has 0 aliphatic carbocycles. The zero-order valence-corrected chi connectivity index (χ0v) is 14.1. The van der Waals surface area contributed by atoms with E-state index in [1.807, 2.05) is 38.1 Å². The Morgan fingerprint density at radius 3 is 2.50 bits per heavy atom. The van der Waals surface area contributed by atoms with Crippen LogP contribution in [0.2, 0.25) is 0 Å². The third-order valence-corrected chi connectivity index (χ3v) is 3.47. The Morgan fingerprint density at radius 2 is 1.88 bits per heavy atom. The van der Waals surface area contributed by atoms with Crippen LogP contribution < -0.4 is 10.6 Å². The first-order valence-corrected chi connectivity index (χ1v) is 8.00. The molecular weight excluding hydrogens is 308 g/mol. The van der Waals surface area contributed by atoms with Crippen LogP contribution in [0, 0.1) is 6.92 Å². The fourth-order valence-electron chi connectivity index (χ4n) is 2.13. The molecular formula is C17H22N4O3. The number of rotatable bonds is 7. The molecule has 0 saturated heterocycles. The number of hydrogen-bond donors (Lipinski definition) is 2. The monoisotopic (exact) mass is 330 g/mol. The van der Waals surface area contributed by atoms with Gasteiger partial charge < -0.3 is 15.1 Å². The van der Waals surface area contributed by atoms with Gasteiger partial charge in [-0.1, -0.05) is 24.6 Å². The van der Waals surface area contributed by atoms with E-state index in [9.17, 15) is 9.59 Å². The molecule has 2 amide bonds. The lowest BCUT2D eigenvalue weighted by atomic mass is 10.1. The van der Waals surface area contributed by atoms with E-state index in [2.05, 4.69) is 20.8 Å². The van der Waals surface area contributed by atoms with Crippen LogP contribution in [0.5, 0.6) is 0 Å². The van der Waals surface area contributed by atoms with Crippen LogP contribution in [0.4, 0.5) is 0 Å². The quantitative estimate of drug-likeness (QED) is 0.804. The molecule has 1 aromatic carbocycles. The lowest BCUT2D eigenvalue weighted by Gasteiger charge is -2.15. The smallest absolute Gasteiger partial charge is 0.247 e. The van der Waals surface area contributed by atoms with Gasteiger partial charge in [-0.25, -0.2) is 0 Å². The maximum atomic E-state index is 12.1. The molecule has 0 aliphatic rings.